The van der Waals surface area contributed by atoms with Crippen LogP contribution in [-0.2, 0) is 21.2 Å². The van der Waals surface area contributed by atoms with Gasteiger partial charge in [-0.05, 0) is 37.7 Å². The lowest BCUT2D eigenvalue weighted by molar-refractivity contribution is -0.126. The number of nitrogens with zero attached hydrogens (tertiary/aromatic N) is 1. The molecule has 0 aromatic heterocycles. The van der Waals surface area contributed by atoms with E-state index in [2.05, 4.69) is 24.4 Å². The van der Waals surface area contributed by atoms with E-state index >= 15 is 0 Å². The summed E-state index contributed by atoms with van der Waals surface area (Å²) in [6.07, 6.45) is 3.20. The average molecular weight is 367 g/mol. The summed E-state index contributed by atoms with van der Waals surface area (Å²) in [5.41, 5.74) is 1.29. The Bertz CT molecular complexity index is 638. The molecule has 2 rings (SSSR count). The van der Waals surface area contributed by atoms with Crippen LogP contribution in [-0.4, -0.2) is 44.0 Å². The topological polar surface area (TPSA) is 66.5 Å². The summed E-state index contributed by atoms with van der Waals surface area (Å²) in [7, 11) is -3.13. The van der Waals surface area contributed by atoms with Gasteiger partial charge in [0.05, 0.1) is 5.75 Å². The van der Waals surface area contributed by atoms with Gasteiger partial charge in [0.1, 0.15) is 0 Å². The van der Waals surface area contributed by atoms with Crippen LogP contribution >= 0.6 is 0 Å². The highest BCUT2D eigenvalue weighted by atomic mass is 32.2. The molecule has 0 spiro atoms. The fourth-order valence-electron chi connectivity index (χ4n) is 3.28. The fraction of sp³-hybridized carbons (Fsp3) is 0.632. The Morgan fingerprint density at radius 1 is 1.20 bits per heavy atom. The van der Waals surface area contributed by atoms with Gasteiger partial charge in [-0.25, -0.2) is 12.7 Å². The fourth-order valence-corrected chi connectivity index (χ4v) is 4.41. The van der Waals surface area contributed by atoms with Crippen LogP contribution in [0.5, 0.6) is 0 Å². The van der Waals surface area contributed by atoms with Gasteiger partial charge in [-0.1, -0.05) is 43.7 Å². The highest BCUT2D eigenvalue weighted by molar-refractivity contribution is 7.89. The molecule has 1 saturated heterocycles. The van der Waals surface area contributed by atoms with Gasteiger partial charge >= 0.3 is 0 Å². The maximum atomic E-state index is 12.4. The quantitative estimate of drug-likeness (QED) is 0.768. The Morgan fingerprint density at radius 2 is 1.84 bits per heavy atom. The third-order valence-electron chi connectivity index (χ3n) is 5.09. The molecular formula is C19H30N2O3S. The van der Waals surface area contributed by atoms with E-state index in [-0.39, 0.29) is 17.6 Å². The number of hydrogen-bond donors (Lipinski definition) is 1. The molecule has 1 amide bonds. The van der Waals surface area contributed by atoms with Gasteiger partial charge in [-0.2, -0.15) is 0 Å². The van der Waals surface area contributed by atoms with Crippen molar-refractivity contribution in [3.05, 3.63) is 35.9 Å². The summed E-state index contributed by atoms with van der Waals surface area (Å²) < 4.78 is 25.3. The summed E-state index contributed by atoms with van der Waals surface area (Å²) >= 11 is 0. The summed E-state index contributed by atoms with van der Waals surface area (Å²) in [6.45, 7) is 5.39. The summed E-state index contributed by atoms with van der Waals surface area (Å²) in [4.78, 5) is 12.4. The van der Waals surface area contributed by atoms with E-state index in [0.717, 1.165) is 12.8 Å². The van der Waals surface area contributed by atoms with E-state index < -0.39 is 10.0 Å². The Kier molecular flexibility index (Phi) is 7.44. The Hall–Kier alpha value is -1.40. The minimum absolute atomic E-state index is 0.0695. The van der Waals surface area contributed by atoms with Crippen molar-refractivity contribution in [2.45, 2.75) is 39.5 Å². The van der Waals surface area contributed by atoms with Crippen LogP contribution in [0, 0.1) is 11.8 Å². The van der Waals surface area contributed by atoms with Gasteiger partial charge in [0, 0.05) is 25.6 Å². The number of carbonyl (C=O) groups is 1. The van der Waals surface area contributed by atoms with Gasteiger partial charge in [0.2, 0.25) is 15.9 Å². The van der Waals surface area contributed by atoms with Crippen molar-refractivity contribution in [3.63, 3.8) is 0 Å². The minimum Gasteiger partial charge on any atom is -0.356 e. The van der Waals surface area contributed by atoms with Gasteiger partial charge in [0.25, 0.3) is 0 Å². The number of carbonyl (C=O) groups excluding carboxylic acids is 1. The largest absolute Gasteiger partial charge is 0.356 e. The van der Waals surface area contributed by atoms with E-state index in [1.807, 2.05) is 18.2 Å². The van der Waals surface area contributed by atoms with Gasteiger partial charge < -0.3 is 5.32 Å². The van der Waals surface area contributed by atoms with E-state index in [4.69, 9.17) is 0 Å². The molecule has 0 saturated carbocycles. The molecule has 1 fully saturated rings. The van der Waals surface area contributed by atoms with Crippen LogP contribution in [0.25, 0.3) is 0 Å². The summed E-state index contributed by atoms with van der Waals surface area (Å²) in [5, 5.41) is 3.08. The summed E-state index contributed by atoms with van der Waals surface area (Å²) in [5.74, 6) is 0.547. The van der Waals surface area contributed by atoms with Gasteiger partial charge in [0.15, 0.2) is 0 Å². The molecule has 1 atom stereocenters. The number of piperidine rings is 1. The van der Waals surface area contributed by atoms with Crippen molar-refractivity contribution < 1.29 is 13.2 Å². The third-order valence-corrected chi connectivity index (χ3v) is 6.97. The molecular weight excluding hydrogens is 336 g/mol. The van der Waals surface area contributed by atoms with Crippen molar-refractivity contribution in [3.8, 4) is 0 Å². The molecule has 1 N–H and O–H groups in total. The second kappa shape index (κ2) is 9.34. The number of rotatable bonds is 8. The maximum absolute atomic E-state index is 12.4. The zero-order valence-corrected chi connectivity index (χ0v) is 16.1. The lowest BCUT2D eigenvalue weighted by atomic mass is 9.95. The van der Waals surface area contributed by atoms with Gasteiger partial charge in [-0.15, -0.1) is 0 Å². The predicted molar refractivity (Wildman–Crippen MR) is 101 cm³/mol. The van der Waals surface area contributed by atoms with Crippen molar-refractivity contribution in [2.24, 2.45) is 11.8 Å². The zero-order chi connectivity index (χ0) is 18.3. The molecule has 1 aromatic carbocycles. The Balaban J connectivity index is 1.78. The van der Waals surface area contributed by atoms with Crippen LogP contribution < -0.4 is 5.32 Å². The first kappa shape index (κ1) is 19.9. The molecule has 0 radical (unpaired) electrons. The lowest BCUT2D eigenvalue weighted by Crippen LogP contribution is -2.44. The second-order valence-electron chi connectivity index (χ2n) is 6.78. The molecule has 0 unspecified atom stereocenters. The molecule has 140 valence electrons. The minimum atomic E-state index is -3.13. The number of hydrogen-bond acceptors (Lipinski definition) is 3. The molecule has 1 aromatic rings. The molecule has 1 aliphatic heterocycles. The van der Waals surface area contributed by atoms with Gasteiger partial charge in [-0.3, -0.25) is 4.79 Å². The van der Waals surface area contributed by atoms with Crippen molar-refractivity contribution in [1.82, 2.24) is 9.62 Å². The standard InChI is InChI=1S/C19H30N2O3S/c1-3-16(14-17-8-6-5-7-9-17)15-20-19(22)18-10-12-21(13-11-18)25(23,24)4-2/h5-9,16,18H,3-4,10-15H2,1-2H3,(H,20,22)/t16-/m1/s1. The molecule has 0 aliphatic carbocycles. The van der Waals surface area contributed by atoms with Crippen LogP contribution in [0.15, 0.2) is 30.3 Å². The Morgan fingerprint density at radius 3 is 2.40 bits per heavy atom. The Labute approximate surface area is 151 Å². The zero-order valence-electron chi connectivity index (χ0n) is 15.3. The first-order chi connectivity index (χ1) is 12.0. The SMILES string of the molecule is CC[C@@H](CNC(=O)C1CCN(S(=O)(=O)CC)CC1)Cc1ccccc1. The first-order valence-electron chi connectivity index (χ1n) is 9.25. The van der Waals surface area contributed by atoms with Crippen molar-refractivity contribution in [2.75, 3.05) is 25.4 Å². The molecule has 25 heavy (non-hydrogen) atoms. The predicted octanol–water partition coefficient (Wildman–Crippen LogP) is 2.43. The number of benzene rings is 1. The monoisotopic (exact) mass is 366 g/mol. The molecule has 1 heterocycles. The molecule has 1 aliphatic rings. The smallest absolute Gasteiger partial charge is 0.223 e. The number of nitrogens with one attached hydrogen (secondary N) is 1. The molecule has 5 nitrogen and oxygen atoms in total. The summed E-state index contributed by atoms with van der Waals surface area (Å²) in [6, 6.07) is 10.3. The number of sulfonamides is 1. The van der Waals surface area contributed by atoms with Crippen molar-refractivity contribution in [1.29, 1.82) is 0 Å². The van der Waals surface area contributed by atoms with E-state index in [1.54, 1.807) is 6.92 Å². The highest BCUT2D eigenvalue weighted by Gasteiger charge is 2.30. The lowest BCUT2D eigenvalue weighted by Gasteiger charge is -2.30. The first-order valence-corrected chi connectivity index (χ1v) is 10.9. The van der Waals surface area contributed by atoms with Crippen LogP contribution in [0.3, 0.4) is 0 Å². The van der Waals surface area contributed by atoms with Crippen LogP contribution in [0.4, 0.5) is 0 Å². The van der Waals surface area contributed by atoms with E-state index in [0.29, 0.717) is 38.4 Å². The van der Waals surface area contributed by atoms with Crippen LogP contribution in [0.2, 0.25) is 0 Å². The van der Waals surface area contributed by atoms with E-state index in [9.17, 15) is 13.2 Å². The normalized spacial score (nSPS) is 18.0. The molecule has 6 heteroatoms. The highest BCUT2D eigenvalue weighted by Crippen LogP contribution is 2.20. The maximum Gasteiger partial charge on any atom is 0.223 e. The third kappa shape index (κ3) is 5.82. The van der Waals surface area contributed by atoms with Crippen molar-refractivity contribution >= 4 is 15.9 Å². The number of amides is 1. The average Bonchev–Trinajstić information content (AvgIpc) is 2.65. The van der Waals surface area contributed by atoms with Crippen LogP contribution in [0.1, 0.15) is 38.7 Å². The second-order valence-corrected chi connectivity index (χ2v) is 9.04. The van der Waals surface area contributed by atoms with E-state index in [1.165, 1.54) is 9.87 Å². The molecule has 0 bridgehead atoms.